The zero-order valence-electron chi connectivity index (χ0n) is 11.9. The summed E-state index contributed by atoms with van der Waals surface area (Å²) in [5, 5.41) is 0. The molecule has 104 valence electrons. The first-order valence-corrected chi connectivity index (χ1v) is 7.05. The first-order valence-electron chi connectivity index (χ1n) is 7.05. The zero-order valence-corrected chi connectivity index (χ0v) is 11.9. The van der Waals surface area contributed by atoms with Crippen molar-refractivity contribution in [2.45, 2.75) is 58.7 Å². The average molecular weight is 262 g/mol. The summed E-state index contributed by atoms with van der Waals surface area (Å²) in [6, 6.07) is 6.13. The summed E-state index contributed by atoms with van der Waals surface area (Å²) in [5.74, 6) is 0.446. The van der Waals surface area contributed by atoms with Gasteiger partial charge in [-0.05, 0) is 69.7 Å². The van der Waals surface area contributed by atoms with Crippen LogP contribution in [-0.2, 0) is 22.4 Å². The van der Waals surface area contributed by atoms with E-state index in [0.717, 1.165) is 18.6 Å². The molecule has 0 heterocycles. The van der Waals surface area contributed by atoms with Gasteiger partial charge in [0.2, 0.25) is 0 Å². The number of carbonyl (C=O) groups is 1. The monoisotopic (exact) mass is 262 g/mol. The van der Waals surface area contributed by atoms with E-state index < -0.39 is 6.10 Å². The summed E-state index contributed by atoms with van der Waals surface area (Å²) in [5.41, 5.74) is 2.77. The van der Waals surface area contributed by atoms with Gasteiger partial charge in [-0.1, -0.05) is 6.07 Å². The summed E-state index contributed by atoms with van der Waals surface area (Å²) in [6.45, 7) is 5.40. The highest BCUT2D eigenvalue weighted by atomic mass is 16.6. The summed E-state index contributed by atoms with van der Waals surface area (Å²) in [7, 11) is 0. The molecule has 19 heavy (non-hydrogen) atoms. The Labute approximate surface area is 114 Å². The van der Waals surface area contributed by atoms with Gasteiger partial charge in [0.1, 0.15) is 5.75 Å². The highest BCUT2D eigenvalue weighted by Gasteiger charge is 2.18. The van der Waals surface area contributed by atoms with Crippen molar-refractivity contribution in [3.8, 4) is 5.75 Å². The number of hydrogen-bond donors (Lipinski definition) is 0. The van der Waals surface area contributed by atoms with Crippen LogP contribution in [0.4, 0.5) is 0 Å². The maximum Gasteiger partial charge on any atom is 0.347 e. The molecule has 2 rings (SSSR count). The Hall–Kier alpha value is -1.51. The van der Waals surface area contributed by atoms with E-state index in [-0.39, 0.29) is 12.1 Å². The van der Waals surface area contributed by atoms with E-state index in [2.05, 4.69) is 12.1 Å². The summed E-state index contributed by atoms with van der Waals surface area (Å²) in [6.07, 6.45) is 4.09. The second-order valence-corrected chi connectivity index (χ2v) is 5.38. The van der Waals surface area contributed by atoms with Crippen LogP contribution in [0.5, 0.6) is 5.75 Å². The Morgan fingerprint density at radius 2 is 1.79 bits per heavy atom. The third-order valence-electron chi connectivity index (χ3n) is 3.32. The predicted octanol–water partition coefficient (Wildman–Crippen LogP) is 3.28. The molecule has 0 aliphatic heterocycles. The second-order valence-electron chi connectivity index (χ2n) is 5.38. The number of fused-ring (bicyclic) bond motifs is 1. The molecule has 1 aliphatic carbocycles. The molecule has 3 nitrogen and oxygen atoms in total. The van der Waals surface area contributed by atoms with Crippen LogP contribution >= 0.6 is 0 Å². The topological polar surface area (TPSA) is 35.5 Å². The maximum atomic E-state index is 11.7. The third-order valence-corrected chi connectivity index (χ3v) is 3.32. The van der Waals surface area contributed by atoms with E-state index in [1.807, 2.05) is 19.9 Å². The van der Waals surface area contributed by atoms with E-state index >= 15 is 0 Å². The fourth-order valence-electron chi connectivity index (χ4n) is 2.36. The number of hydrogen-bond acceptors (Lipinski definition) is 3. The van der Waals surface area contributed by atoms with Crippen LogP contribution in [0.25, 0.3) is 0 Å². The zero-order chi connectivity index (χ0) is 13.8. The SMILES string of the molecule is CC(C)OC(=O)C(C)Oc1ccc2c(c1)CCCC2. The van der Waals surface area contributed by atoms with Crippen LogP contribution in [0, 0.1) is 0 Å². The Bertz CT molecular complexity index is 451. The van der Waals surface area contributed by atoms with Crippen molar-refractivity contribution >= 4 is 5.97 Å². The Morgan fingerprint density at radius 3 is 2.47 bits per heavy atom. The van der Waals surface area contributed by atoms with Gasteiger partial charge in [0.25, 0.3) is 0 Å². The van der Waals surface area contributed by atoms with Crippen molar-refractivity contribution in [2.24, 2.45) is 0 Å². The van der Waals surface area contributed by atoms with E-state index in [0.29, 0.717) is 0 Å². The minimum Gasteiger partial charge on any atom is -0.479 e. The smallest absolute Gasteiger partial charge is 0.347 e. The minimum atomic E-state index is -0.566. The van der Waals surface area contributed by atoms with Crippen LogP contribution in [-0.4, -0.2) is 18.2 Å². The van der Waals surface area contributed by atoms with Crippen LogP contribution < -0.4 is 4.74 Å². The van der Waals surface area contributed by atoms with Gasteiger partial charge >= 0.3 is 5.97 Å². The molecule has 3 heteroatoms. The number of esters is 1. The molecular formula is C16H22O3. The molecule has 0 amide bonds. The van der Waals surface area contributed by atoms with E-state index in [9.17, 15) is 4.79 Å². The summed E-state index contributed by atoms with van der Waals surface area (Å²) in [4.78, 5) is 11.7. The average Bonchev–Trinajstić information content (AvgIpc) is 2.37. The van der Waals surface area contributed by atoms with E-state index in [4.69, 9.17) is 9.47 Å². The van der Waals surface area contributed by atoms with Crippen LogP contribution in [0.15, 0.2) is 18.2 Å². The van der Waals surface area contributed by atoms with Gasteiger partial charge in [-0.25, -0.2) is 4.79 Å². The molecule has 1 aromatic carbocycles. The largest absolute Gasteiger partial charge is 0.479 e. The molecule has 1 atom stereocenters. The Balaban J connectivity index is 2.01. The first-order chi connectivity index (χ1) is 9.06. The summed E-state index contributed by atoms with van der Waals surface area (Å²) >= 11 is 0. The van der Waals surface area contributed by atoms with Gasteiger partial charge in [0, 0.05) is 0 Å². The lowest BCUT2D eigenvalue weighted by atomic mass is 9.92. The Kier molecular flexibility index (Phi) is 4.46. The molecule has 0 spiro atoms. The first kappa shape index (κ1) is 13.9. The number of carbonyl (C=O) groups excluding carboxylic acids is 1. The van der Waals surface area contributed by atoms with Crippen molar-refractivity contribution in [1.29, 1.82) is 0 Å². The van der Waals surface area contributed by atoms with Crippen molar-refractivity contribution in [3.05, 3.63) is 29.3 Å². The lowest BCUT2D eigenvalue weighted by molar-refractivity contribution is -0.154. The predicted molar refractivity (Wildman–Crippen MR) is 74.4 cm³/mol. The van der Waals surface area contributed by atoms with Crippen molar-refractivity contribution < 1.29 is 14.3 Å². The molecule has 0 aromatic heterocycles. The normalized spacial score (nSPS) is 15.8. The number of rotatable bonds is 4. The molecule has 0 fully saturated rings. The van der Waals surface area contributed by atoms with Crippen molar-refractivity contribution in [3.63, 3.8) is 0 Å². The molecule has 0 bridgehead atoms. The molecule has 1 aromatic rings. The van der Waals surface area contributed by atoms with E-state index in [1.165, 1.54) is 24.0 Å². The van der Waals surface area contributed by atoms with E-state index in [1.54, 1.807) is 6.92 Å². The quantitative estimate of drug-likeness (QED) is 0.781. The Morgan fingerprint density at radius 1 is 1.11 bits per heavy atom. The van der Waals surface area contributed by atoms with Gasteiger partial charge in [-0.15, -0.1) is 0 Å². The van der Waals surface area contributed by atoms with Crippen molar-refractivity contribution in [1.82, 2.24) is 0 Å². The molecule has 0 saturated heterocycles. The highest BCUT2D eigenvalue weighted by Crippen LogP contribution is 2.25. The minimum absolute atomic E-state index is 0.109. The van der Waals surface area contributed by atoms with Gasteiger partial charge < -0.3 is 9.47 Å². The second kappa shape index (κ2) is 6.09. The fourth-order valence-corrected chi connectivity index (χ4v) is 2.36. The third kappa shape index (κ3) is 3.72. The van der Waals surface area contributed by atoms with Gasteiger partial charge in [-0.3, -0.25) is 0 Å². The van der Waals surface area contributed by atoms with Crippen LogP contribution in [0.3, 0.4) is 0 Å². The number of benzene rings is 1. The molecular weight excluding hydrogens is 240 g/mol. The van der Waals surface area contributed by atoms with Crippen molar-refractivity contribution in [2.75, 3.05) is 0 Å². The van der Waals surface area contributed by atoms with Gasteiger partial charge in [0.15, 0.2) is 6.10 Å². The number of ether oxygens (including phenoxy) is 2. The number of aryl methyl sites for hydroxylation is 2. The molecule has 1 aliphatic rings. The maximum absolute atomic E-state index is 11.7. The highest BCUT2D eigenvalue weighted by molar-refractivity contribution is 5.74. The lowest BCUT2D eigenvalue weighted by Crippen LogP contribution is -2.28. The van der Waals surface area contributed by atoms with Crippen LogP contribution in [0.1, 0.15) is 44.7 Å². The molecule has 0 radical (unpaired) electrons. The molecule has 0 saturated carbocycles. The molecule has 0 N–H and O–H groups in total. The fraction of sp³-hybridized carbons (Fsp3) is 0.562. The standard InChI is InChI=1S/C16H22O3/c1-11(2)18-16(17)12(3)19-15-9-8-13-6-4-5-7-14(13)10-15/h8-12H,4-7H2,1-3H3. The molecule has 1 unspecified atom stereocenters. The van der Waals surface area contributed by atoms with Crippen LogP contribution in [0.2, 0.25) is 0 Å². The summed E-state index contributed by atoms with van der Waals surface area (Å²) < 4.78 is 10.8. The lowest BCUT2D eigenvalue weighted by Gasteiger charge is -2.19. The van der Waals surface area contributed by atoms with Gasteiger partial charge in [-0.2, -0.15) is 0 Å². The van der Waals surface area contributed by atoms with Gasteiger partial charge in [0.05, 0.1) is 6.10 Å².